The molecule has 0 unspecified atom stereocenters. The van der Waals surface area contributed by atoms with E-state index in [1.165, 1.54) is 11.1 Å². The summed E-state index contributed by atoms with van der Waals surface area (Å²) < 4.78 is 5.03. The van der Waals surface area contributed by atoms with Gasteiger partial charge in [-0.1, -0.05) is 31.2 Å². The molecule has 13 heavy (non-hydrogen) atoms. The number of benzene rings is 1. The zero-order valence-corrected chi connectivity index (χ0v) is 8.29. The van der Waals surface area contributed by atoms with Gasteiger partial charge < -0.3 is 10.5 Å². The average molecular weight is 179 g/mol. The highest BCUT2D eigenvalue weighted by Gasteiger charge is 2.08. The van der Waals surface area contributed by atoms with Gasteiger partial charge in [-0.2, -0.15) is 0 Å². The molecular weight excluding hydrogens is 162 g/mol. The molecule has 0 aliphatic carbocycles. The molecule has 72 valence electrons. The van der Waals surface area contributed by atoms with E-state index < -0.39 is 0 Å². The van der Waals surface area contributed by atoms with Crippen LogP contribution in [0, 0.1) is 0 Å². The molecule has 0 bridgehead atoms. The highest BCUT2D eigenvalue weighted by atomic mass is 16.5. The second kappa shape index (κ2) is 5.00. The first-order valence-electron chi connectivity index (χ1n) is 4.62. The molecule has 1 rings (SSSR count). The lowest BCUT2D eigenvalue weighted by molar-refractivity contribution is 0.180. The van der Waals surface area contributed by atoms with E-state index in [1.54, 1.807) is 7.11 Å². The molecule has 2 heteroatoms. The van der Waals surface area contributed by atoms with Gasteiger partial charge in [0.2, 0.25) is 0 Å². The fraction of sp³-hybridized carbons (Fsp3) is 0.455. The van der Waals surface area contributed by atoms with Crippen LogP contribution in [0.4, 0.5) is 0 Å². The topological polar surface area (TPSA) is 35.2 Å². The molecule has 2 N–H and O–H groups in total. The van der Waals surface area contributed by atoms with E-state index in [-0.39, 0.29) is 6.04 Å². The zero-order chi connectivity index (χ0) is 9.68. The molecule has 1 aromatic carbocycles. The Balaban J connectivity index is 2.85. The second-order valence-corrected chi connectivity index (χ2v) is 3.11. The lowest BCUT2D eigenvalue weighted by Crippen LogP contribution is -2.17. The van der Waals surface area contributed by atoms with E-state index in [2.05, 4.69) is 19.1 Å². The van der Waals surface area contributed by atoms with Gasteiger partial charge in [-0.25, -0.2) is 0 Å². The molecule has 2 nitrogen and oxygen atoms in total. The Kier molecular flexibility index (Phi) is 3.93. The predicted molar refractivity (Wildman–Crippen MR) is 54.6 cm³/mol. The maximum absolute atomic E-state index is 5.96. The van der Waals surface area contributed by atoms with E-state index in [0.29, 0.717) is 6.61 Å². The van der Waals surface area contributed by atoms with Crippen molar-refractivity contribution in [2.24, 2.45) is 5.73 Å². The van der Waals surface area contributed by atoms with Crippen LogP contribution in [0.2, 0.25) is 0 Å². The van der Waals surface area contributed by atoms with Crippen LogP contribution in [0.5, 0.6) is 0 Å². The molecule has 0 saturated carbocycles. The van der Waals surface area contributed by atoms with Gasteiger partial charge in [0, 0.05) is 7.11 Å². The zero-order valence-electron chi connectivity index (χ0n) is 8.29. The van der Waals surface area contributed by atoms with Crippen molar-refractivity contribution in [1.82, 2.24) is 0 Å². The Hall–Kier alpha value is -0.860. The Morgan fingerprint density at radius 3 is 2.69 bits per heavy atom. The number of nitrogens with two attached hydrogens (primary N) is 1. The summed E-state index contributed by atoms with van der Waals surface area (Å²) in [6.07, 6.45) is 1.02. The lowest BCUT2D eigenvalue weighted by Gasteiger charge is -2.14. The van der Waals surface area contributed by atoms with Crippen LogP contribution in [0.1, 0.15) is 24.1 Å². The van der Waals surface area contributed by atoms with E-state index >= 15 is 0 Å². The van der Waals surface area contributed by atoms with Gasteiger partial charge in [0.15, 0.2) is 0 Å². The molecule has 0 heterocycles. The van der Waals surface area contributed by atoms with Crippen molar-refractivity contribution in [3.63, 3.8) is 0 Å². The summed E-state index contributed by atoms with van der Waals surface area (Å²) in [7, 11) is 1.68. The maximum atomic E-state index is 5.96. The minimum Gasteiger partial charge on any atom is -0.383 e. The average Bonchev–Trinajstić information content (AvgIpc) is 2.18. The normalized spacial score (nSPS) is 12.8. The Bertz CT molecular complexity index is 260. The van der Waals surface area contributed by atoms with Crippen LogP contribution >= 0.6 is 0 Å². The molecule has 0 radical (unpaired) electrons. The first-order chi connectivity index (χ1) is 6.29. The number of methoxy groups -OCH3 is 1. The van der Waals surface area contributed by atoms with E-state index in [4.69, 9.17) is 10.5 Å². The molecular formula is C11H17NO. The molecule has 0 spiro atoms. The van der Waals surface area contributed by atoms with Crippen molar-refractivity contribution >= 4 is 0 Å². The third-order valence-corrected chi connectivity index (χ3v) is 2.18. The molecule has 0 fully saturated rings. The molecule has 1 aromatic rings. The second-order valence-electron chi connectivity index (χ2n) is 3.11. The summed E-state index contributed by atoms with van der Waals surface area (Å²) in [5.41, 5.74) is 8.47. The summed E-state index contributed by atoms with van der Waals surface area (Å²) in [5.74, 6) is 0. The first kappa shape index (κ1) is 10.2. The predicted octanol–water partition coefficient (Wildman–Crippen LogP) is 1.90. The Morgan fingerprint density at radius 1 is 1.38 bits per heavy atom. The van der Waals surface area contributed by atoms with Crippen molar-refractivity contribution in [3.8, 4) is 0 Å². The number of rotatable bonds is 4. The maximum Gasteiger partial charge on any atom is 0.0655 e. The molecule has 0 aliphatic heterocycles. The van der Waals surface area contributed by atoms with Gasteiger partial charge in [0.25, 0.3) is 0 Å². The lowest BCUT2D eigenvalue weighted by atomic mass is 10.00. The Labute approximate surface area is 79.7 Å². The van der Waals surface area contributed by atoms with Crippen LogP contribution < -0.4 is 5.73 Å². The van der Waals surface area contributed by atoms with Crippen LogP contribution in [0.15, 0.2) is 24.3 Å². The van der Waals surface area contributed by atoms with Crippen LogP contribution in [-0.2, 0) is 11.2 Å². The molecule has 0 aliphatic rings. The van der Waals surface area contributed by atoms with Crippen molar-refractivity contribution < 1.29 is 4.74 Å². The van der Waals surface area contributed by atoms with E-state index in [1.807, 2.05) is 12.1 Å². The minimum absolute atomic E-state index is 0.00106. The third-order valence-electron chi connectivity index (χ3n) is 2.18. The third kappa shape index (κ3) is 2.54. The SMILES string of the molecule is CCc1ccccc1[C@H](N)COC. The molecule has 1 atom stereocenters. The fourth-order valence-electron chi connectivity index (χ4n) is 1.49. The highest BCUT2D eigenvalue weighted by molar-refractivity contribution is 5.29. The Morgan fingerprint density at radius 2 is 2.08 bits per heavy atom. The number of hydrogen-bond donors (Lipinski definition) is 1. The van der Waals surface area contributed by atoms with Gasteiger partial charge in [-0.15, -0.1) is 0 Å². The molecule has 0 saturated heterocycles. The van der Waals surface area contributed by atoms with Crippen LogP contribution in [0.25, 0.3) is 0 Å². The van der Waals surface area contributed by atoms with Gasteiger partial charge in [-0.05, 0) is 17.5 Å². The van der Waals surface area contributed by atoms with Crippen LogP contribution in [-0.4, -0.2) is 13.7 Å². The molecule has 0 aromatic heterocycles. The van der Waals surface area contributed by atoms with E-state index in [9.17, 15) is 0 Å². The number of aryl methyl sites for hydroxylation is 1. The smallest absolute Gasteiger partial charge is 0.0655 e. The molecule has 0 amide bonds. The summed E-state index contributed by atoms with van der Waals surface area (Å²) in [6.45, 7) is 2.72. The van der Waals surface area contributed by atoms with Gasteiger partial charge in [-0.3, -0.25) is 0 Å². The van der Waals surface area contributed by atoms with Gasteiger partial charge in [0.1, 0.15) is 0 Å². The monoisotopic (exact) mass is 179 g/mol. The standard InChI is InChI=1S/C11H17NO/c1-3-9-6-4-5-7-10(9)11(12)8-13-2/h4-7,11H,3,8,12H2,1-2H3/t11-/m1/s1. The quantitative estimate of drug-likeness (QED) is 0.766. The first-order valence-corrected chi connectivity index (χ1v) is 4.62. The van der Waals surface area contributed by atoms with Crippen molar-refractivity contribution in [1.29, 1.82) is 0 Å². The number of ether oxygens (including phenoxy) is 1. The summed E-state index contributed by atoms with van der Waals surface area (Å²) >= 11 is 0. The van der Waals surface area contributed by atoms with Crippen molar-refractivity contribution in [2.75, 3.05) is 13.7 Å². The van der Waals surface area contributed by atoms with Crippen LogP contribution in [0.3, 0.4) is 0 Å². The summed E-state index contributed by atoms with van der Waals surface area (Å²) in [6, 6.07) is 8.25. The van der Waals surface area contributed by atoms with Crippen molar-refractivity contribution in [3.05, 3.63) is 35.4 Å². The largest absolute Gasteiger partial charge is 0.383 e. The summed E-state index contributed by atoms with van der Waals surface area (Å²) in [5, 5.41) is 0. The highest BCUT2D eigenvalue weighted by Crippen LogP contribution is 2.16. The fourth-order valence-corrected chi connectivity index (χ4v) is 1.49. The number of hydrogen-bond acceptors (Lipinski definition) is 2. The minimum atomic E-state index is 0.00106. The van der Waals surface area contributed by atoms with Gasteiger partial charge >= 0.3 is 0 Å². The summed E-state index contributed by atoms with van der Waals surface area (Å²) in [4.78, 5) is 0. The van der Waals surface area contributed by atoms with Gasteiger partial charge in [0.05, 0.1) is 12.6 Å². The van der Waals surface area contributed by atoms with E-state index in [0.717, 1.165) is 6.42 Å². The van der Waals surface area contributed by atoms with Crippen molar-refractivity contribution in [2.45, 2.75) is 19.4 Å².